The number of aryl methyl sites for hydroxylation is 1. The van der Waals surface area contributed by atoms with Gasteiger partial charge in [-0.1, -0.05) is 45.7 Å². The molecule has 122 valence electrons. The fraction of sp³-hybridized carbons (Fsp3) is 0.0588. The second-order valence-corrected chi connectivity index (χ2v) is 7.58. The molecule has 0 unspecified atom stereocenters. The van der Waals surface area contributed by atoms with Crippen molar-refractivity contribution >= 4 is 55.7 Å². The van der Waals surface area contributed by atoms with Gasteiger partial charge in [0, 0.05) is 25.6 Å². The molecule has 0 aliphatic carbocycles. The highest BCUT2D eigenvalue weighted by molar-refractivity contribution is 9.10. The molecule has 1 heterocycles. The molecule has 0 atom stereocenters. The van der Waals surface area contributed by atoms with Crippen molar-refractivity contribution in [2.75, 3.05) is 10.6 Å². The zero-order valence-electron chi connectivity index (χ0n) is 12.6. The highest BCUT2D eigenvalue weighted by Gasteiger charge is 2.12. The maximum Gasteiger partial charge on any atom is 0.325 e. The van der Waals surface area contributed by atoms with Gasteiger partial charge in [0.15, 0.2) is 5.13 Å². The number of aromatic nitrogens is 1. The number of benzene rings is 2. The summed E-state index contributed by atoms with van der Waals surface area (Å²) < 4.78 is 1.01. The number of urea groups is 1. The molecule has 3 rings (SSSR count). The van der Waals surface area contributed by atoms with E-state index >= 15 is 0 Å². The van der Waals surface area contributed by atoms with Gasteiger partial charge < -0.3 is 5.32 Å². The van der Waals surface area contributed by atoms with Crippen LogP contribution in [-0.2, 0) is 0 Å². The Balaban J connectivity index is 1.73. The maximum absolute atomic E-state index is 12.1. The van der Waals surface area contributed by atoms with Crippen LogP contribution in [0.25, 0.3) is 11.3 Å². The summed E-state index contributed by atoms with van der Waals surface area (Å²) in [6.07, 6.45) is 0. The molecule has 0 fully saturated rings. The molecule has 2 aromatic carbocycles. The molecule has 1 aromatic heterocycles. The summed E-state index contributed by atoms with van der Waals surface area (Å²) in [4.78, 5) is 17.6. The summed E-state index contributed by atoms with van der Waals surface area (Å²) in [5, 5.41) is 6.60. The van der Waals surface area contributed by atoms with E-state index in [9.17, 15) is 4.79 Å². The van der Waals surface area contributed by atoms with Crippen molar-refractivity contribution in [3.8, 4) is 11.3 Å². The minimum atomic E-state index is -0.353. The smallest absolute Gasteiger partial charge is 0.308 e. The molecular formula is C17H13BrClN3OS. The van der Waals surface area contributed by atoms with Crippen LogP contribution < -0.4 is 10.6 Å². The first-order chi connectivity index (χ1) is 11.5. The van der Waals surface area contributed by atoms with Gasteiger partial charge in [0.05, 0.1) is 5.69 Å². The van der Waals surface area contributed by atoms with Crippen molar-refractivity contribution in [1.29, 1.82) is 0 Å². The average Bonchev–Trinajstić information content (AvgIpc) is 2.88. The summed E-state index contributed by atoms with van der Waals surface area (Å²) in [5.41, 5.74) is 2.50. The lowest BCUT2D eigenvalue weighted by Crippen LogP contribution is -2.19. The van der Waals surface area contributed by atoms with Crippen molar-refractivity contribution in [3.63, 3.8) is 0 Å². The summed E-state index contributed by atoms with van der Waals surface area (Å²) in [6, 6.07) is 14.5. The summed E-state index contributed by atoms with van der Waals surface area (Å²) in [6.45, 7) is 1.98. The van der Waals surface area contributed by atoms with Gasteiger partial charge in [0.25, 0.3) is 0 Å². The van der Waals surface area contributed by atoms with E-state index in [1.807, 2.05) is 31.2 Å². The zero-order chi connectivity index (χ0) is 17.1. The van der Waals surface area contributed by atoms with E-state index in [0.29, 0.717) is 15.8 Å². The van der Waals surface area contributed by atoms with Crippen LogP contribution in [0.15, 0.2) is 53.0 Å². The average molecular weight is 423 g/mol. The molecule has 2 amide bonds. The molecule has 4 nitrogen and oxygen atoms in total. The molecule has 0 saturated heterocycles. The van der Waals surface area contributed by atoms with Gasteiger partial charge >= 0.3 is 6.03 Å². The minimum absolute atomic E-state index is 0.353. The van der Waals surface area contributed by atoms with E-state index in [1.165, 1.54) is 11.3 Å². The van der Waals surface area contributed by atoms with Crippen LogP contribution in [0.1, 0.15) is 4.88 Å². The molecule has 0 aliphatic heterocycles. The van der Waals surface area contributed by atoms with E-state index < -0.39 is 0 Å². The van der Waals surface area contributed by atoms with Gasteiger partial charge in [-0.3, -0.25) is 5.32 Å². The van der Waals surface area contributed by atoms with Crippen LogP contribution in [0.4, 0.5) is 15.6 Å². The highest BCUT2D eigenvalue weighted by atomic mass is 79.9. The van der Waals surface area contributed by atoms with E-state index in [0.717, 1.165) is 20.6 Å². The molecular weight excluding hydrogens is 410 g/mol. The Kier molecular flexibility index (Phi) is 5.18. The van der Waals surface area contributed by atoms with Crippen molar-refractivity contribution in [1.82, 2.24) is 4.98 Å². The van der Waals surface area contributed by atoms with Crippen LogP contribution in [-0.4, -0.2) is 11.0 Å². The molecule has 24 heavy (non-hydrogen) atoms. The number of hydrogen-bond donors (Lipinski definition) is 2. The number of rotatable bonds is 3. The van der Waals surface area contributed by atoms with Crippen molar-refractivity contribution in [3.05, 3.63) is 62.9 Å². The Morgan fingerprint density at radius 1 is 1.17 bits per heavy atom. The van der Waals surface area contributed by atoms with Gasteiger partial charge in [-0.2, -0.15) is 0 Å². The van der Waals surface area contributed by atoms with Crippen molar-refractivity contribution in [2.45, 2.75) is 6.92 Å². The quantitative estimate of drug-likeness (QED) is 0.529. The van der Waals surface area contributed by atoms with Gasteiger partial charge in [-0.25, -0.2) is 9.78 Å². The minimum Gasteiger partial charge on any atom is -0.308 e. The number of carbonyl (C=O) groups is 1. The number of halogens is 2. The largest absolute Gasteiger partial charge is 0.325 e. The van der Waals surface area contributed by atoms with Crippen LogP contribution in [0, 0.1) is 6.92 Å². The second-order valence-electron chi connectivity index (χ2n) is 5.02. The number of amides is 2. The Hall–Kier alpha value is -1.89. The highest BCUT2D eigenvalue weighted by Crippen LogP contribution is 2.31. The Labute approximate surface area is 157 Å². The topological polar surface area (TPSA) is 54.0 Å². The Bertz CT molecular complexity index is 880. The van der Waals surface area contributed by atoms with Gasteiger partial charge in [0.2, 0.25) is 0 Å². The standard InChI is InChI=1S/C17H13BrClN3OS/c1-10-15(11-5-7-12(18)8-6-11)21-17(24-10)22-16(23)20-14-4-2-3-13(19)9-14/h2-9H,1H3,(H2,20,21,22,23). The number of thiazole rings is 1. The molecule has 0 saturated carbocycles. The third-order valence-electron chi connectivity index (χ3n) is 3.22. The SMILES string of the molecule is Cc1sc(NC(=O)Nc2cccc(Cl)c2)nc1-c1ccc(Br)cc1. The Morgan fingerprint density at radius 2 is 1.92 bits per heavy atom. The number of anilines is 2. The third-order valence-corrected chi connectivity index (χ3v) is 4.87. The number of hydrogen-bond acceptors (Lipinski definition) is 3. The van der Waals surface area contributed by atoms with Gasteiger partial charge in [0.1, 0.15) is 0 Å². The monoisotopic (exact) mass is 421 g/mol. The summed E-state index contributed by atoms with van der Waals surface area (Å²) in [7, 11) is 0. The van der Waals surface area contributed by atoms with E-state index in [2.05, 4.69) is 31.5 Å². The molecule has 0 aliphatic rings. The fourth-order valence-electron chi connectivity index (χ4n) is 2.15. The van der Waals surface area contributed by atoms with Crippen molar-refractivity contribution in [2.24, 2.45) is 0 Å². The van der Waals surface area contributed by atoms with Gasteiger partial charge in [-0.15, -0.1) is 11.3 Å². The first kappa shape index (κ1) is 17.0. The first-order valence-corrected chi connectivity index (χ1v) is 9.07. The van der Waals surface area contributed by atoms with Crippen LogP contribution >= 0.6 is 38.9 Å². The maximum atomic E-state index is 12.1. The normalized spacial score (nSPS) is 10.5. The lowest BCUT2D eigenvalue weighted by molar-refractivity contribution is 0.262. The Morgan fingerprint density at radius 3 is 2.62 bits per heavy atom. The predicted octanol–water partition coefficient (Wildman–Crippen LogP) is 6.18. The van der Waals surface area contributed by atoms with Crippen LogP contribution in [0.5, 0.6) is 0 Å². The van der Waals surface area contributed by atoms with Crippen molar-refractivity contribution < 1.29 is 4.79 Å². The lowest BCUT2D eigenvalue weighted by Gasteiger charge is -2.05. The summed E-state index contributed by atoms with van der Waals surface area (Å²) >= 11 is 10.8. The summed E-state index contributed by atoms with van der Waals surface area (Å²) in [5.74, 6) is 0. The first-order valence-electron chi connectivity index (χ1n) is 7.08. The molecule has 0 radical (unpaired) electrons. The molecule has 0 bridgehead atoms. The van der Waals surface area contributed by atoms with E-state index in [1.54, 1.807) is 24.3 Å². The van der Waals surface area contributed by atoms with E-state index in [-0.39, 0.29) is 6.03 Å². The van der Waals surface area contributed by atoms with Gasteiger partial charge in [-0.05, 0) is 37.3 Å². The second kappa shape index (κ2) is 7.34. The molecule has 7 heteroatoms. The third kappa shape index (κ3) is 4.14. The van der Waals surface area contributed by atoms with Crippen LogP contribution in [0.3, 0.4) is 0 Å². The predicted molar refractivity (Wildman–Crippen MR) is 104 cm³/mol. The lowest BCUT2D eigenvalue weighted by atomic mass is 10.1. The van der Waals surface area contributed by atoms with Crippen LogP contribution in [0.2, 0.25) is 5.02 Å². The molecule has 2 N–H and O–H groups in total. The van der Waals surface area contributed by atoms with E-state index in [4.69, 9.17) is 11.6 Å². The number of carbonyl (C=O) groups excluding carboxylic acids is 1. The fourth-order valence-corrected chi connectivity index (χ4v) is 3.44. The number of nitrogens with one attached hydrogen (secondary N) is 2. The number of nitrogens with zero attached hydrogens (tertiary/aromatic N) is 1. The molecule has 3 aromatic rings. The zero-order valence-corrected chi connectivity index (χ0v) is 15.8. The molecule has 0 spiro atoms.